The third-order valence-corrected chi connectivity index (χ3v) is 12.3. The summed E-state index contributed by atoms with van der Waals surface area (Å²) in [6.07, 6.45) is 0. The molecule has 0 N–H and O–H groups in total. The van der Waals surface area contributed by atoms with Crippen LogP contribution in [-0.2, 0) is 10.8 Å². The van der Waals surface area contributed by atoms with Gasteiger partial charge in [-0.2, -0.15) is 0 Å². The van der Waals surface area contributed by atoms with Gasteiger partial charge < -0.3 is 4.90 Å². The number of nitrogens with zero attached hydrogens (tertiary/aromatic N) is 1. The van der Waals surface area contributed by atoms with Gasteiger partial charge in [-0.05, 0) is 91.0 Å². The standard InChI is InChI=1S/C52H37N/c1-51(2)42-23-10-9-21-41(42)49-46(51)27-15-28-47(49)53(36-32-30-35(31-33-36)34-16-4-3-5-17-34)48-29-14-22-40-39-20-8-13-26-45(39)52(50(40)48)43-24-11-6-18-37(43)38-19-7-12-25-44(38)52/h3-33H,1-2H3. The van der Waals surface area contributed by atoms with Gasteiger partial charge in [-0.25, -0.2) is 0 Å². The summed E-state index contributed by atoms with van der Waals surface area (Å²) in [5.74, 6) is 0. The highest BCUT2D eigenvalue weighted by atomic mass is 15.2. The van der Waals surface area contributed by atoms with Gasteiger partial charge in [-0.15, -0.1) is 0 Å². The summed E-state index contributed by atoms with van der Waals surface area (Å²) in [7, 11) is 0. The van der Waals surface area contributed by atoms with Gasteiger partial charge in [0.2, 0.25) is 0 Å². The SMILES string of the molecule is CC1(C)c2ccccc2-c2c(N(c3ccc(-c4ccccc4)cc3)c3cccc4c3C3(c5ccccc5-c5ccccc53)c3ccccc3-4)cccc21. The van der Waals surface area contributed by atoms with Crippen molar-refractivity contribution < 1.29 is 0 Å². The van der Waals surface area contributed by atoms with Crippen LogP contribution in [-0.4, -0.2) is 0 Å². The van der Waals surface area contributed by atoms with Crippen LogP contribution in [0.2, 0.25) is 0 Å². The van der Waals surface area contributed by atoms with Crippen LogP contribution in [0.1, 0.15) is 47.2 Å². The Morgan fingerprint density at radius 2 is 0.792 bits per heavy atom. The number of fused-ring (bicyclic) bond motifs is 13. The quantitative estimate of drug-likeness (QED) is 0.179. The first kappa shape index (κ1) is 30.2. The fraction of sp³-hybridized carbons (Fsp3) is 0.0769. The molecular weight excluding hydrogens is 639 g/mol. The molecular formula is C52H37N. The highest BCUT2D eigenvalue weighted by Crippen LogP contribution is 2.66. The van der Waals surface area contributed by atoms with Crippen molar-refractivity contribution >= 4 is 17.1 Å². The summed E-state index contributed by atoms with van der Waals surface area (Å²) >= 11 is 0. The zero-order valence-corrected chi connectivity index (χ0v) is 29.8. The number of anilines is 3. The molecule has 0 bridgehead atoms. The maximum absolute atomic E-state index is 2.57. The van der Waals surface area contributed by atoms with Crippen molar-refractivity contribution in [3.05, 3.63) is 221 Å². The molecule has 0 aromatic heterocycles. The third kappa shape index (κ3) is 3.97. The van der Waals surface area contributed by atoms with Gasteiger partial charge in [-0.3, -0.25) is 0 Å². The van der Waals surface area contributed by atoms with Crippen LogP contribution in [0, 0.1) is 0 Å². The van der Waals surface area contributed by atoms with Crippen molar-refractivity contribution in [2.24, 2.45) is 0 Å². The molecule has 1 spiro atoms. The molecule has 250 valence electrons. The summed E-state index contributed by atoms with van der Waals surface area (Å²) in [5, 5.41) is 0. The van der Waals surface area contributed by atoms with Gasteiger partial charge in [0, 0.05) is 22.2 Å². The van der Waals surface area contributed by atoms with E-state index in [1.807, 2.05) is 0 Å². The van der Waals surface area contributed by atoms with Gasteiger partial charge in [0.05, 0.1) is 16.8 Å². The fourth-order valence-corrected chi connectivity index (χ4v) is 10.1. The van der Waals surface area contributed by atoms with Crippen molar-refractivity contribution in [3.8, 4) is 44.5 Å². The molecule has 11 rings (SSSR count). The lowest BCUT2D eigenvalue weighted by atomic mass is 9.70. The molecule has 1 nitrogen and oxygen atoms in total. The highest BCUT2D eigenvalue weighted by Gasteiger charge is 2.53. The zero-order valence-electron chi connectivity index (χ0n) is 29.8. The first-order valence-electron chi connectivity index (χ1n) is 18.7. The molecule has 0 aliphatic heterocycles. The molecule has 3 aliphatic rings. The Morgan fingerprint density at radius 1 is 0.340 bits per heavy atom. The molecule has 0 atom stereocenters. The summed E-state index contributed by atoms with van der Waals surface area (Å²) in [4.78, 5) is 2.57. The minimum atomic E-state index is -0.479. The van der Waals surface area contributed by atoms with Crippen molar-refractivity contribution in [3.63, 3.8) is 0 Å². The Hall–Kier alpha value is -6.44. The van der Waals surface area contributed by atoms with Crippen LogP contribution in [0.25, 0.3) is 44.5 Å². The minimum absolute atomic E-state index is 0.121. The van der Waals surface area contributed by atoms with Crippen LogP contribution in [0.3, 0.4) is 0 Å². The van der Waals surface area contributed by atoms with Crippen molar-refractivity contribution in [2.45, 2.75) is 24.7 Å². The fourth-order valence-electron chi connectivity index (χ4n) is 10.1. The van der Waals surface area contributed by atoms with Gasteiger partial charge in [0.15, 0.2) is 0 Å². The van der Waals surface area contributed by atoms with Crippen LogP contribution in [0.4, 0.5) is 17.1 Å². The second-order valence-corrected chi connectivity index (χ2v) is 15.2. The normalized spacial score (nSPS) is 14.5. The van der Waals surface area contributed by atoms with Gasteiger partial charge in [0.25, 0.3) is 0 Å². The molecule has 0 saturated carbocycles. The van der Waals surface area contributed by atoms with E-state index in [2.05, 4.69) is 207 Å². The molecule has 8 aromatic rings. The van der Waals surface area contributed by atoms with Gasteiger partial charge in [0.1, 0.15) is 0 Å². The summed E-state index contributed by atoms with van der Waals surface area (Å²) in [6, 6.07) is 70.1. The van der Waals surface area contributed by atoms with E-state index >= 15 is 0 Å². The number of hydrogen-bond donors (Lipinski definition) is 0. The van der Waals surface area contributed by atoms with E-state index in [0.717, 1.165) is 5.69 Å². The Morgan fingerprint density at radius 3 is 1.43 bits per heavy atom. The van der Waals surface area contributed by atoms with E-state index in [0.29, 0.717) is 0 Å². The lowest BCUT2D eigenvalue weighted by molar-refractivity contribution is 0.660. The topological polar surface area (TPSA) is 3.24 Å². The predicted octanol–water partition coefficient (Wildman–Crippen LogP) is 13.5. The lowest BCUT2D eigenvalue weighted by Crippen LogP contribution is -2.28. The predicted molar refractivity (Wildman–Crippen MR) is 220 cm³/mol. The minimum Gasteiger partial charge on any atom is -0.310 e. The lowest BCUT2D eigenvalue weighted by Gasteiger charge is -2.36. The summed E-state index contributed by atoms with van der Waals surface area (Å²) in [6.45, 7) is 4.75. The van der Waals surface area contributed by atoms with Crippen molar-refractivity contribution in [1.82, 2.24) is 0 Å². The van der Waals surface area contributed by atoms with E-state index in [-0.39, 0.29) is 5.41 Å². The van der Waals surface area contributed by atoms with E-state index in [4.69, 9.17) is 0 Å². The molecule has 0 fully saturated rings. The molecule has 8 aromatic carbocycles. The Labute approximate surface area is 311 Å². The highest BCUT2D eigenvalue weighted by molar-refractivity contribution is 6.02. The number of rotatable bonds is 4. The third-order valence-electron chi connectivity index (χ3n) is 12.3. The second-order valence-electron chi connectivity index (χ2n) is 15.2. The van der Waals surface area contributed by atoms with E-state index in [1.165, 1.54) is 89.3 Å². The van der Waals surface area contributed by atoms with Crippen LogP contribution >= 0.6 is 0 Å². The number of benzene rings is 8. The molecule has 0 amide bonds. The van der Waals surface area contributed by atoms with E-state index < -0.39 is 5.41 Å². The Bertz CT molecular complexity index is 2690. The average molecular weight is 676 g/mol. The van der Waals surface area contributed by atoms with Crippen molar-refractivity contribution in [1.29, 1.82) is 0 Å². The molecule has 0 radical (unpaired) electrons. The van der Waals surface area contributed by atoms with E-state index in [1.54, 1.807) is 0 Å². The van der Waals surface area contributed by atoms with Crippen LogP contribution < -0.4 is 4.90 Å². The Kier molecular flexibility index (Phi) is 6.29. The van der Waals surface area contributed by atoms with Crippen LogP contribution in [0.15, 0.2) is 188 Å². The smallest absolute Gasteiger partial charge is 0.0746 e. The molecule has 0 heterocycles. The van der Waals surface area contributed by atoms with E-state index in [9.17, 15) is 0 Å². The molecule has 53 heavy (non-hydrogen) atoms. The maximum Gasteiger partial charge on any atom is 0.0746 e. The first-order chi connectivity index (χ1) is 26.1. The molecule has 1 heteroatoms. The first-order valence-corrected chi connectivity index (χ1v) is 18.7. The number of hydrogen-bond acceptors (Lipinski definition) is 1. The summed E-state index contributed by atoms with van der Waals surface area (Å²) < 4.78 is 0. The molecule has 0 saturated heterocycles. The second kappa shape index (κ2) is 11.0. The zero-order chi connectivity index (χ0) is 35.3. The molecule has 0 unspecified atom stereocenters. The monoisotopic (exact) mass is 675 g/mol. The van der Waals surface area contributed by atoms with Crippen molar-refractivity contribution in [2.75, 3.05) is 4.90 Å². The largest absolute Gasteiger partial charge is 0.310 e. The summed E-state index contributed by atoms with van der Waals surface area (Å²) in [5.41, 5.74) is 21.4. The van der Waals surface area contributed by atoms with Gasteiger partial charge in [-0.1, -0.05) is 178 Å². The van der Waals surface area contributed by atoms with Gasteiger partial charge >= 0.3 is 0 Å². The average Bonchev–Trinajstić information content (AvgIpc) is 3.78. The molecule has 3 aliphatic carbocycles. The maximum atomic E-state index is 2.57. The Balaban J connectivity index is 1.25. The van der Waals surface area contributed by atoms with Crippen LogP contribution in [0.5, 0.6) is 0 Å².